The molecule has 0 amide bonds. The number of carbonyl (C=O) groups is 1. The summed E-state index contributed by atoms with van der Waals surface area (Å²) in [6.07, 6.45) is 5.44. The molecule has 0 spiro atoms. The van der Waals surface area contributed by atoms with Crippen LogP contribution in [0.3, 0.4) is 0 Å². The molecule has 0 aromatic carbocycles. The van der Waals surface area contributed by atoms with Gasteiger partial charge in [0.15, 0.2) is 0 Å². The summed E-state index contributed by atoms with van der Waals surface area (Å²) in [7, 11) is 0. The fourth-order valence-corrected chi connectivity index (χ4v) is 1.51. The number of aromatic nitrogens is 1. The van der Waals surface area contributed by atoms with Crippen molar-refractivity contribution in [3.8, 4) is 0 Å². The summed E-state index contributed by atoms with van der Waals surface area (Å²) >= 11 is 1.10. The smallest absolute Gasteiger partial charge is 0.347 e. The van der Waals surface area contributed by atoms with Crippen molar-refractivity contribution in [3.63, 3.8) is 0 Å². The summed E-state index contributed by atoms with van der Waals surface area (Å²) in [6, 6.07) is 0. The lowest BCUT2D eigenvalue weighted by Crippen LogP contribution is -1.89. The lowest BCUT2D eigenvalue weighted by Gasteiger charge is -1.83. The predicted octanol–water partition coefficient (Wildman–Crippen LogP) is 2.55. The molecule has 7 heteroatoms. The van der Waals surface area contributed by atoms with Gasteiger partial charge in [-0.25, -0.2) is 9.78 Å². The van der Waals surface area contributed by atoms with E-state index in [9.17, 15) is 4.79 Å². The number of carboxylic acid groups (broad SMARTS) is 1. The van der Waals surface area contributed by atoms with Gasteiger partial charge in [0.1, 0.15) is 9.88 Å². The number of nitrogens with zero attached hydrogens (tertiary/aromatic N) is 4. The molecule has 1 heterocycles. The molecule has 0 fully saturated rings. The van der Waals surface area contributed by atoms with Crippen LogP contribution in [0.1, 0.15) is 21.1 Å². The van der Waals surface area contributed by atoms with Gasteiger partial charge >= 0.3 is 5.97 Å². The van der Waals surface area contributed by atoms with E-state index < -0.39 is 5.97 Å². The average molecular weight is 224 g/mol. The van der Waals surface area contributed by atoms with E-state index in [0.717, 1.165) is 11.3 Å². The molecule has 0 atom stereocenters. The second kappa shape index (κ2) is 5.79. The van der Waals surface area contributed by atoms with Crippen molar-refractivity contribution >= 4 is 23.4 Å². The zero-order valence-electron chi connectivity index (χ0n) is 7.70. The SMILES string of the molecule is [N-]=[N+]=NCCC=Cc1ncc(C(=O)O)s1. The van der Waals surface area contributed by atoms with Gasteiger partial charge in [0.05, 0.1) is 6.20 Å². The summed E-state index contributed by atoms with van der Waals surface area (Å²) in [5, 5.41) is 12.6. The third-order valence-corrected chi connectivity index (χ3v) is 2.40. The van der Waals surface area contributed by atoms with Crippen LogP contribution in [0.2, 0.25) is 0 Å². The lowest BCUT2D eigenvalue weighted by molar-refractivity contribution is 0.0702. The van der Waals surface area contributed by atoms with E-state index in [4.69, 9.17) is 10.6 Å². The first kappa shape index (κ1) is 11.2. The van der Waals surface area contributed by atoms with Crippen LogP contribution in [0, 0.1) is 0 Å². The molecule has 0 bridgehead atoms. The Kier molecular flexibility index (Phi) is 4.33. The van der Waals surface area contributed by atoms with Gasteiger partial charge in [-0.3, -0.25) is 0 Å². The minimum absolute atomic E-state index is 0.213. The fraction of sp³-hybridized carbons (Fsp3) is 0.250. The van der Waals surface area contributed by atoms with Gasteiger partial charge < -0.3 is 5.11 Å². The number of azide groups is 1. The van der Waals surface area contributed by atoms with E-state index >= 15 is 0 Å². The number of thiazole rings is 1. The van der Waals surface area contributed by atoms with E-state index in [-0.39, 0.29) is 4.88 Å². The first-order chi connectivity index (χ1) is 7.24. The standard InChI is InChI=1S/C8H8N4O2S/c9-12-11-4-2-1-3-7-10-5-6(15-7)8(13)14/h1,3,5H,2,4H2,(H,13,14). The molecule has 0 aliphatic carbocycles. The largest absolute Gasteiger partial charge is 0.477 e. The average Bonchev–Trinajstić information content (AvgIpc) is 2.66. The molecule has 1 N–H and O–H groups in total. The van der Waals surface area contributed by atoms with Gasteiger partial charge in [-0.2, -0.15) is 0 Å². The van der Waals surface area contributed by atoms with Gasteiger partial charge in [0.2, 0.25) is 0 Å². The molecule has 0 unspecified atom stereocenters. The van der Waals surface area contributed by atoms with Crippen LogP contribution in [0.5, 0.6) is 0 Å². The molecule has 0 saturated heterocycles. The van der Waals surface area contributed by atoms with Gasteiger partial charge in [0.25, 0.3) is 0 Å². The maximum absolute atomic E-state index is 10.5. The van der Waals surface area contributed by atoms with Crippen molar-refractivity contribution < 1.29 is 9.90 Å². The summed E-state index contributed by atoms with van der Waals surface area (Å²) in [4.78, 5) is 17.2. The Morgan fingerprint density at radius 3 is 3.20 bits per heavy atom. The maximum atomic E-state index is 10.5. The van der Waals surface area contributed by atoms with E-state index in [1.54, 1.807) is 12.2 Å². The van der Waals surface area contributed by atoms with Crippen molar-refractivity contribution in [2.75, 3.05) is 6.54 Å². The van der Waals surface area contributed by atoms with E-state index in [0.29, 0.717) is 18.0 Å². The van der Waals surface area contributed by atoms with Gasteiger partial charge in [-0.15, -0.1) is 11.3 Å². The Morgan fingerprint density at radius 2 is 2.60 bits per heavy atom. The van der Waals surface area contributed by atoms with E-state index in [1.165, 1.54) is 6.20 Å². The van der Waals surface area contributed by atoms with Crippen LogP contribution >= 0.6 is 11.3 Å². The van der Waals surface area contributed by atoms with Gasteiger partial charge in [-0.05, 0) is 18.0 Å². The van der Waals surface area contributed by atoms with Crippen LogP contribution in [0.15, 0.2) is 17.4 Å². The first-order valence-corrected chi connectivity index (χ1v) is 4.92. The molecule has 1 aromatic heterocycles. The Hall–Kier alpha value is -1.85. The van der Waals surface area contributed by atoms with Gasteiger partial charge in [0, 0.05) is 11.5 Å². The lowest BCUT2D eigenvalue weighted by atomic mass is 10.4. The van der Waals surface area contributed by atoms with Crippen LogP contribution in [-0.2, 0) is 0 Å². The highest BCUT2D eigenvalue weighted by molar-refractivity contribution is 7.14. The highest BCUT2D eigenvalue weighted by atomic mass is 32.1. The summed E-state index contributed by atoms with van der Waals surface area (Å²) in [5.41, 5.74) is 8.01. The molecule has 15 heavy (non-hydrogen) atoms. The topological polar surface area (TPSA) is 99.0 Å². The number of hydrogen-bond donors (Lipinski definition) is 1. The molecule has 0 saturated carbocycles. The van der Waals surface area contributed by atoms with Crippen molar-refractivity contribution in [3.05, 3.63) is 32.6 Å². The molecular weight excluding hydrogens is 216 g/mol. The Balaban J connectivity index is 2.49. The molecule has 0 aliphatic heterocycles. The zero-order chi connectivity index (χ0) is 11.1. The van der Waals surface area contributed by atoms with Crippen LogP contribution in [0.4, 0.5) is 0 Å². The second-order valence-corrected chi connectivity index (χ2v) is 3.58. The van der Waals surface area contributed by atoms with Crippen molar-refractivity contribution in [1.29, 1.82) is 0 Å². The van der Waals surface area contributed by atoms with Crippen LogP contribution in [-0.4, -0.2) is 22.6 Å². The summed E-state index contributed by atoms with van der Waals surface area (Å²) in [5.74, 6) is -0.971. The number of rotatable bonds is 5. The van der Waals surface area contributed by atoms with Crippen LogP contribution < -0.4 is 0 Å². The first-order valence-electron chi connectivity index (χ1n) is 4.10. The molecule has 78 valence electrons. The Bertz CT molecular complexity index is 420. The van der Waals surface area contributed by atoms with Gasteiger partial charge in [-0.1, -0.05) is 11.2 Å². The quantitative estimate of drug-likeness (QED) is 0.360. The normalized spacial score (nSPS) is 10.1. The summed E-state index contributed by atoms with van der Waals surface area (Å²) < 4.78 is 0. The Morgan fingerprint density at radius 1 is 1.80 bits per heavy atom. The van der Waals surface area contributed by atoms with Crippen molar-refractivity contribution in [2.24, 2.45) is 5.11 Å². The third-order valence-electron chi connectivity index (χ3n) is 1.45. The zero-order valence-corrected chi connectivity index (χ0v) is 8.52. The molecule has 0 radical (unpaired) electrons. The third kappa shape index (κ3) is 3.80. The predicted molar refractivity (Wildman–Crippen MR) is 56.7 cm³/mol. The molecule has 1 aromatic rings. The van der Waals surface area contributed by atoms with Crippen molar-refractivity contribution in [2.45, 2.75) is 6.42 Å². The Labute approximate surface area is 89.5 Å². The van der Waals surface area contributed by atoms with E-state index in [1.807, 2.05) is 0 Å². The minimum atomic E-state index is -0.971. The fourth-order valence-electron chi connectivity index (χ4n) is 0.825. The number of hydrogen-bond acceptors (Lipinski definition) is 4. The minimum Gasteiger partial charge on any atom is -0.477 e. The molecule has 1 rings (SSSR count). The second-order valence-electron chi connectivity index (χ2n) is 2.51. The molecule has 0 aliphatic rings. The van der Waals surface area contributed by atoms with Crippen molar-refractivity contribution in [1.82, 2.24) is 4.98 Å². The number of aromatic carboxylic acids is 1. The maximum Gasteiger partial charge on any atom is 0.347 e. The van der Waals surface area contributed by atoms with Crippen LogP contribution in [0.25, 0.3) is 16.5 Å². The monoisotopic (exact) mass is 224 g/mol. The highest BCUT2D eigenvalue weighted by Gasteiger charge is 2.05. The van der Waals surface area contributed by atoms with E-state index in [2.05, 4.69) is 15.0 Å². The summed E-state index contributed by atoms with van der Waals surface area (Å²) in [6.45, 7) is 0.393. The molecule has 6 nitrogen and oxygen atoms in total. The number of carboxylic acids is 1. The molecular formula is C8H8N4O2S. The highest BCUT2D eigenvalue weighted by Crippen LogP contribution is 2.14.